The van der Waals surface area contributed by atoms with Crippen LogP contribution in [-0.2, 0) is 37.1 Å². The van der Waals surface area contributed by atoms with Crippen molar-refractivity contribution in [3.63, 3.8) is 0 Å². The lowest BCUT2D eigenvalue weighted by Gasteiger charge is -2.29. The SMILES string of the molecule is O=C(c1csc2c1CCCC2)N1CCc2c(c(C(=O)N3CCOCC3)nn2Cc2ccccn2)C1. The Hall–Kier alpha value is -3.04. The van der Waals surface area contributed by atoms with E-state index in [1.807, 2.05) is 38.1 Å². The highest BCUT2D eigenvalue weighted by molar-refractivity contribution is 7.10. The fourth-order valence-electron chi connectivity index (χ4n) is 5.37. The van der Waals surface area contributed by atoms with Crippen molar-refractivity contribution >= 4 is 23.2 Å². The van der Waals surface area contributed by atoms with Gasteiger partial charge in [-0.15, -0.1) is 11.3 Å². The van der Waals surface area contributed by atoms with Crippen LogP contribution in [0.3, 0.4) is 0 Å². The maximum atomic E-state index is 13.6. The van der Waals surface area contributed by atoms with Crippen LogP contribution in [0, 0.1) is 0 Å². The van der Waals surface area contributed by atoms with Gasteiger partial charge in [-0.1, -0.05) is 6.07 Å². The Morgan fingerprint density at radius 3 is 2.66 bits per heavy atom. The zero-order valence-corrected chi connectivity index (χ0v) is 20.6. The molecule has 6 rings (SSSR count). The normalized spacial score (nSPS) is 17.7. The van der Waals surface area contributed by atoms with Gasteiger partial charge in [0.05, 0.1) is 37.6 Å². The van der Waals surface area contributed by atoms with Crippen LogP contribution in [0.4, 0.5) is 0 Å². The number of aromatic nitrogens is 3. The third-order valence-electron chi connectivity index (χ3n) is 7.25. The fraction of sp³-hybridized carbons (Fsp3) is 0.462. The first-order chi connectivity index (χ1) is 17.2. The number of hydrogen-bond donors (Lipinski definition) is 0. The molecule has 0 saturated carbocycles. The van der Waals surface area contributed by atoms with Crippen molar-refractivity contribution in [3.8, 4) is 0 Å². The van der Waals surface area contributed by atoms with Gasteiger partial charge in [0, 0.05) is 53.8 Å². The molecule has 0 atom stereocenters. The Morgan fingerprint density at radius 1 is 0.971 bits per heavy atom. The first-order valence-corrected chi connectivity index (χ1v) is 13.3. The molecule has 3 aromatic heterocycles. The molecule has 0 bridgehead atoms. The first-order valence-electron chi connectivity index (χ1n) is 12.4. The predicted molar refractivity (Wildman–Crippen MR) is 132 cm³/mol. The summed E-state index contributed by atoms with van der Waals surface area (Å²) in [5, 5.41) is 6.84. The number of fused-ring (bicyclic) bond motifs is 2. The summed E-state index contributed by atoms with van der Waals surface area (Å²) in [6.07, 6.45) is 6.86. The molecule has 3 aliphatic rings. The second-order valence-electron chi connectivity index (χ2n) is 9.39. The van der Waals surface area contributed by atoms with E-state index in [1.165, 1.54) is 16.9 Å². The van der Waals surface area contributed by atoms with Crippen molar-refractivity contribution in [1.29, 1.82) is 0 Å². The fourth-order valence-corrected chi connectivity index (χ4v) is 6.49. The molecular weight excluding hydrogens is 462 g/mol. The number of morpholine rings is 1. The number of amides is 2. The van der Waals surface area contributed by atoms with Crippen molar-refractivity contribution in [1.82, 2.24) is 24.6 Å². The molecule has 3 aromatic rings. The summed E-state index contributed by atoms with van der Waals surface area (Å²) in [4.78, 5) is 36.6. The van der Waals surface area contributed by atoms with E-state index in [1.54, 1.807) is 17.5 Å². The van der Waals surface area contributed by atoms with E-state index in [9.17, 15) is 9.59 Å². The van der Waals surface area contributed by atoms with E-state index in [2.05, 4.69) is 4.98 Å². The van der Waals surface area contributed by atoms with Gasteiger partial charge < -0.3 is 14.5 Å². The molecule has 8 nitrogen and oxygen atoms in total. The average Bonchev–Trinajstić information content (AvgIpc) is 3.50. The molecule has 0 N–H and O–H groups in total. The molecule has 0 spiro atoms. The van der Waals surface area contributed by atoms with Crippen LogP contribution in [0.1, 0.15) is 61.1 Å². The highest BCUT2D eigenvalue weighted by Gasteiger charge is 2.34. The molecule has 35 heavy (non-hydrogen) atoms. The number of pyridine rings is 1. The summed E-state index contributed by atoms with van der Waals surface area (Å²) >= 11 is 1.72. The van der Waals surface area contributed by atoms with Crippen molar-refractivity contribution in [2.45, 2.75) is 45.2 Å². The van der Waals surface area contributed by atoms with Crippen molar-refractivity contribution in [2.24, 2.45) is 0 Å². The molecular formula is C26H29N5O3S. The van der Waals surface area contributed by atoms with Crippen LogP contribution in [0.15, 0.2) is 29.8 Å². The van der Waals surface area contributed by atoms with Crippen LogP contribution >= 0.6 is 11.3 Å². The minimum absolute atomic E-state index is 0.0773. The van der Waals surface area contributed by atoms with Crippen LogP contribution < -0.4 is 0 Å². The summed E-state index contributed by atoms with van der Waals surface area (Å²) in [6, 6.07) is 5.82. The summed E-state index contributed by atoms with van der Waals surface area (Å²) in [7, 11) is 0. The smallest absolute Gasteiger partial charge is 0.274 e. The van der Waals surface area contributed by atoms with Gasteiger partial charge in [0.25, 0.3) is 11.8 Å². The highest BCUT2D eigenvalue weighted by atomic mass is 32.1. The van der Waals surface area contributed by atoms with Gasteiger partial charge in [-0.25, -0.2) is 0 Å². The zero-order valence-electron chi connectivity index (χ0n) is 19.7. The lowest BCUT2D eigenvalue weighted by atomic mass is 9.95. The molecule has 2 aliphatic heterocycles. The predicted octanol–water partition coefficient (Wildman–Crippen LogP) is 2.94. The molecule has 5 heterocycles. The minimum Gasteiger partial charge on any atom is -0.378 e. The standard InChI is InChI=1S/C26H29N5O3S/c32-25(21-17-35-23-7-2-1-6-19(21)23)30-10-8-22-20(16-30)24(26(33)29-11-13-34-14-12-29)28-31(22)15-18-5-3-4-9-27-18/h3-5,9,17H,1-2,6-8,10-16H2. The average molecular weight is 492 g/mol. The summed E-state index contributed by atoms with van der Waals surface area (Å²) < 4.78 is 7.35. The summed E-state index contributed by atoms with van der Waals surface area (Å²) in [6.45, 7) is 3.73. The second kappa shape index (κ2) is 9.54. The van der Waals surface area contributed by atoms with Gasteiger partial charge in [0.1, 0.15) is 0 Å². The molecule has 1 saturated heterocycles. The van der Waals surface area contributed by atoms with Crippen LogP contribution in [0.5, 0.6) is 0 Å². The van der Waals surface area contributed by atoms with Gasteiger partial charge in [-0.3, -0.25) is 19.3 Å². The number of aryl methyl sites for hydroxylation is 1. The Bertz CT molecular complexity index is 1250. The maximum absolute atomic E-state index is 13.6. The van der Waals surface area contributed by atoms with E-state index in [0.29, 0.717) is 58.1 Å². The number of thiophene rings is 1. The van der Waals surface area contributed by atoms with E-state index in [0.717, 1.165) is 41.8 Å². The lowest BCUT2D eigenvalue weighted by Crippen LogP contribution is -2.42. The molecule has 0 radical (unpaired) electrons. The quantitative estimate of drug-likeness (QED) is 0.561. The third-order valence-corrected chi connectivity index (χ3v) is 8.34. The molecule has 182 valence electrons. The van der Waals surface area contributed by atoms with Gasteiger partial charge in [0.2, 0.25) is 0 Å². The molecule has 0 aromatic carbocycles. The van der Waals surface area contributed by atoms with E-state index in [-0.39, 0.29) is 11.8 Å². The maximum Gasteiger partial charge on any atom is 0.274 e. The molecule has 1 aliphatic carbocycles. The molecule has 2 amide bonds. The van der Waals surface area contributed by atoms with E-state index < -0.39 is 0 Å². The Kier molecular flexibility index (Phi) is 6.12. The van der Waals surface area contributed by atoms with Gasteiger partial charge in [-0.05, 0) is 43.4 Å². The monoisotopic (exact) mass is 491 g/mol. The highest BCUT2D eigenvalue weighted by Crippen LogP contribution is 2.32. The number of carbonyl (C=O) groups excluding carboxylic acids is 2. The van der Waals surface area contributed by atoms with Crippen LogP contribution in [0.25, 0.3) is 0 Å². The topological polar surface area (TPSA) is 80.6 Å². The Morgan fingerprint density at radius 2 is 1.83 bits per heavy atom. The Labute approximate surface area is 208 Å². The summed E-state index contributed by atoms with van der Waals surface area (Å²) in [5.41, 5.74) is 5.36. The van der Waals surface area contributed by atoms with Crippen molar-refractivity contribution in [2.75, 3.05) is 32.8 Å². The van der Waals surface area contributed by atoms with Gasteiger partial charge in [0.15, 0.2) is 5.69 Å². The van der Waals surface area contributed by atoms with Crippen LogP contribution in [0.2, 0.25) is 0 Å². The lowest BCUT2D eigenvalue weighted by molar-refractivity contribution is 0.0296. The third kappa shape index (κ3) is 4.27. The largest absolute Gasteiger partial charge is 0.378 e. The van der Waals surface area contributed by atoms with Gasteiger partial charge in [-0.2, -0.15) is 5.10 Å². The number of carbonyl (C=O) groups is 2. The van der Waals surface area contributed by atoms with Crippen LogP contribution in [-0.4, -0.2) is 69.2 Å². The second-order valence-corrected chi connectivity index (χ2v) is 10.4. The van der Waals surface area contributed by atoms with E-state index >= 15 is 0 Å². The van der Waals surface area contributed by atoms with E-state index in [4.69, 9.17) is 9.84 Å². The number of nitrogens with zero attached hydrogens (tertiary/aromatic N) is 5. The number of rotatable bonds is 4. The number of ether oxygens (including phenoxy) is 1. The minimum atomic E-state index is -0.0773. The van der Waals surface area contributed by atoms with Crippen molar-refractivity contribution in [3.05, 3.63) is 68.4 Å². The molecule has 1 fully saturated rings. The first kappa shape index (κ1) is 22.4. The van der Waals surface area contributed by atoms with Crippen molar-refractivity contribution < 1.29 is 14.3 Å². The molecule has 0 unspecified atom stereocenters. The summed E-state index contributed by atoms with van der Waals surface area (Å²) in [5.74, 6) is 0.00355. The van der Waals surface area contributed by atoms with Gasteiger partial charge >= 0.3 is 0 Å². The Balaban J connectivity index is 1.32. The number of hydrogen-bond acceptors (Lipinski definition) is 6. The molecule has 9 heteroatoms. The zero-order chi connectivity index (χ0) is 23.8.